The number of hydrogen-bond acceptors (Lipinski definition) is 3. The lowest BCUT2D eigenvalue weighted by atomic mass is 10.0. The smallest absolute Gasteiger partial charge is 0.224 e. The first-order chi connectivity index (χ1) is 15.7. The van der Waals surface area contributed by atoms with Crippen LogP contribution in [0.2, 0.25) is 0 Å². The van der Waals surface area contributed by atoms with Gasteiger partial charge in [0.2, 0.25) is 5.91 Å². The number of aromatic nitrogens is 2. The minimum Gasteiger partial charge on any atom is -0.380 e. The normalized spacial score (nSPS) is 12.1. The molecule has 0 saturated carbocycles. The molecule has 0 aliphatic rings. The molecule has 1 unspecified atom stereocenters. The Morgan fingerprint density at radius 2 is 1.66 bits per heavy atom. The molecule has 0 spiro atoms. The zero-order valence-corrected chi connectivity index (χ0v) is 18.6. The van der Waals surface area contributed by atoms with Crippen LogP contribution in [0, 0.1) is 0 Å². The molecule has 0 aliphatic heterocycles. The fourth-order valence-electron chi connectivity index (χ4n) is 3.95. The maximum absolute atomic E-state index is 12.8. The molecule has 0 saturated heterocycles. The summed E-state index contributed by atoms with van der Waals surface area (Å²) in [6, 6.07) is 26.2. The van der Waals surface area contributed by atoms with Gasteiger partial charge < -0.3 is 14.6 Å². The average molecular weight is 428 g/mol. The van der Waals surface area contributed by atoms with E-state index in [1.54, 1.807) is 0 Å². The van der Waals surface area contributed by atoms with Crippen LogP contribution in [0.15, 0.2) is 78.9 Å². The third-order valence-corrected chi connectivity index (χ3v) is 5.54. The monoisotopic (exact) mass is 427 g/mol. The molecule has 1 heterocycles. The van der Waals surface area contributed by atoms with Gasteiger partial charge in [0, 0.05) is 13.2 Å². The molecule has 0 radical (unpaired) electrons. The van der Waals surface area contributed by atoms with E-state index in [1.165, 1.54) is 5.56 Å². The Hall–Kier alpha value is -3.44. The van der Waals surface area contributed by atoms with Crippen molar-refractivity contribution in [1.82, 2.24) is 14.9 Å². The molecule has 32 heavy (non-hydrogen) atoms. The SMILES string of the molecule is CCOCCn1c(C(C)NC(=O)Cc2ccc(-c3ccccc3)cc2)nc2ccccc21. The Balaban J connectivity index is 1.44. The van der Waals surface area contributed by atoms with Crippen LogP contribution in [0.4, 0.5) is 0 Å². The summed E-state index contributed by atoms with van der Waals surface area (Å²) in [5, 5.41) is 3.12. The van der Waals surface area contributed by atoms with Crippen LogP contribution in [0.3, 0.4) is 0 Å². The van der Waals surface area contributed by atoms with Crippen molar-refractivity contribution < 1.29 is 9.53 Å². The van der Waals surface area contributed by atoms with Gasteiger partial charge in [0.1, 0.15) is 5.82 Å². The lowest BCUT2D eigenvalue weighted by Crippen LogP contribution is -2.30. The highest BCUT2D eigenvalue weighted by Gasteiger charge is 2.18. The second-order valence-electron chi connectivity index (χ2n) is 7.84. The van der Waals surface area contributed by atoms with Crippen molar-refractivity contribution in [3.63, 3.8) is 0 Å². The maximum Gasteiger partial charge on any atom is 0.224 e. The van der Waals surface area contributed by atoms with Crippen molar-refractivity contribution in [2.24, 2.45) is 0 Å². The Kier molecular flexibility index (Phi) is 6.97. The summed E-state index contributed by atoms with van der Waals surface area (Å²) >= 11 is 0. The maximum atomic E-state index is 12.8. The van der Waals surface area contributed by atoms with E-state index < -0.39 is 0 Å². The highest BCUT2D eigenvalue weighted by atomic mass is 16.5. The minimum absolute atomic E-state index is 0.0200. The molecule has 3 aromatic carbocycles. The highest BCUT2D eigenvalue weighted by Crippen LogP contribution is 2.22. The number of imidazole rings is 1. The lowest BCUT2D eigenvalue weighted by molar-refractivity contribution is -0.121. The van der Waals surface area contributed by atoms with Gasteiger partial charge in [0.25, 0.3) is 0 Å². The van der Waals surface area contributed by atoms with Gasteiger partial charge in [-0.25, -0.2) is 4.98 Å². The summed E-state index contributed by atoms with van der Waals surface area (Å²) in [6.07, 6.45) is 0.332. The van der Waals surface area contributed by atoms with E-state index >= 15 is 0 Å². The predicted octanol–water partition coefficient (Wildman–Crippen LogP) is 5.16. The van der Waals surface area contributed by atoms with E-state index in [1.807, 2.05) is 62.4 Å². The summed E-state index contributed by atoms with van der Waals surface area (Å²) in [7, 11) is 0. The van der Waals surface area contributed by atoms with E-state index in [4.69, 9.17) is 9.72 Å². The molecule has 0 aliphatic carbocycles. The van der Waals surface area contributed by atoms with E-state index in [0.29, 0.717) is 26.2 Å². The van der Waals surface area contributed by atoms with E-state index in [9.17, 15) is 4.79 Å². The van der Waals surface area contributed by atoms with Gasteiger partial charge in [-0.05, 0) is 42.7 Å². The van der Waals surface area contributed by atoms with Crippen molar-refractivity contribution in [2.75, 3.05) is 13.2 Å². The van der Waals surface area contributed by atoms with Crippen LogP contribution < -0.4 is 5.32 Å². The third kappa shape index (κ3) is 5.06. The molecule has 1 N–H and O–H groups in total. The number of para-hydroxylation sites is 2. The second kappa shape index (κ2) is 10.2. The number of rotatable bonds is 9. The van der Waals surface area contributed by atoms with Gasteiger partial charge in [-0.2, -0.15) is 0 Å². The van der Waals surface area contributed by atoms with Gasteiger partial charge in [-0.3, -0.25) is 4.79 Å². The van der Waals surface area contributed by atoms with Gasteiger partial charge in [-0.15, -0.1) is 0 Å². The number of nitrogens with zero attached hydrogens (tertiary/aromatic N) is 2. The second-order valence-corrected chi connectivity index (χ2v) is 7.84. The van der Waals surface area contributed by atoms with Crippen molar-refractivity contribution in [3.05, 3.63) is 90.3 Å². The van der Waals surface area contributed by atoms with Crippen molar-refractivity contribution >= 4 is 16.9 Å². The van der Waals surface area contributed by atoms with E-state index in [-0.39, 0.29) is 11.9 Å². The summed E-state index contributed by atoms with van der Waals surface area (Å²) < 4.78 is 7.70. The topological polar surface area (TPSA) is 56.1 Å². The average Bonchev–Trinajstić information content (AvgIpc) is 3.19. The quantitative estimate of drug-likeness (QED) is 0.375. The molecular weight excluding hydrogens is 398 g/mol. The number of carbonyl (C=O) groups excluding carboxylic acids is 1. The number of benzene rings is 3. The fraction of sp³-hybridized carbons (Fsp3) is 0.259. The van der Waals surface area contributed by atoms with Crippen molar-refractivity contribution in [3.8, 4) is 11.1 Å². The molecule has 0 bridgehead atoms. The molecule has 5 heteroatoms. The number of fused-ring (bicyclic) bond motifs is 1. The Morgan fingerprint density at radius 3 is 2.41 bits per heavy atom. The fourth-order valence-corrected chi connectivity index (χ4v) is 3.95. The zero-order chi connectivity index (χ0) is 22.3. The Labute approximate surface area is 189 Å². The number of hydrogen-bond donors (Lipinski definition) is 1. The van der Waals surface area contributed by atoms with Gasteiger partial charge >= 0.3 is 0 Å². The largest absolute Gasteiger partial charge is 0.380 e. The Morgan fingerprint density at radius 1 is 0.969 bits per heavy atom. The minimum atomic E-state index is -0.208. The van der Waals surface area contributed by atoms with Gasteiger partial charge in [0.15, 0.2) is 0 Å². The van der Waals surface area contributed by atoms with Crippen LogP contribution in [-0.4, -0.2) is 28.7 Å². The number of nitrogens with one attached hydrogen (secondary N) is 1. The number of ether oxygens (including phenoxy) is 1. The summed E-state index contributed by atoms with van der Waals surface area (Å²) in [5.74, 6) is 0.826. The lowest BCUT2D eigenvalue weighted by Gasteiger charge is -2.16. The van der Waals surface area contributed by atoms with Crippen molar-refractivity contribution in [2.45, 2.75) is 32.9 Å². The van der Waals surface area contributed by atoms with Crippen LogP contribution in [-0.2, 0) is 22.5 Å². The van der Waals surface area contributed by atoms with E-state index in [0.717, 1.165) is 28.0 Å². The molecule has 5 nitrogen and oxygen atoms in total. The molecule has 4 rings (SSSR count). The van der Waals surface area contributed by atoms with Crippen LogP contribution in [0.25, 0.3) is 22.2 Å². The first-order valence-electron chi connectivity index (χ1n) is 11.1. The molecule has 0 fully saturated rings. The molecule has 1 amide bonds. The van der Waals surface area contributed by atoms with Gasteiger partial charge in [-0.1, -0.05) is 66.7 Å². The molecule has 1 aromatic heterocycles. The standard InChI is InChI=1S/C27H29N3O2/c1-3-32-18-17-30-25-12-8-7-11-24(25)29-27(30)20(2)28-26(31)19-21-13-15-23(16-14-21)22-9-5-4-6-10-22/h4-16,20H,3,17-19H2,1-2H3,(H,28,31). The van der Waals surface area contributed by atoms with Crippen LogP contribution in [0.5, 0.6) is 0 Å². The molecule has 4 aromatic rings. The van der Waals surface area contributed by atoms with Crippen LogP contribution >= 0.6 is 0 Å². The first-order valence-corrected chi connectivity index (χ1v) is 11.1. The summed E-state index contributed by atoms with van der Waals surface area (Å²) in [6.45, 7) is 5.96. The number of amides is 1. The third-order valence-electron chi connectivity index (χ3n) is 5.54. The highest BCUT2D eigenvalue weighted by molar-refractivity contribution is 5.80. The summed E-state index contributed by atoms with van der Waals surface area (Å²) in [4.78, 5) is 17.6. The summed E-state index contributed by atoms with van der Waals surface area (Å²) in [5.41, 5.74) is 5.28. The van der Waals surface area contributed by atoms with E-state index in [2.05, 4.69) is 40.2 Å². The number of carbonyl (C=O) groups is 1. The van der Waals surface area contributed by atoms with Gasteiger partial charge in [0.05, 0.1) is 30.1 Å². The Bertz CT molecular complexity index is 1170. The van der Waals surface area contributed by atoms with Crippen molar-refractivity contribution in [1.29, 1.82) is 0 Å². The molecule has 164 valence electrons. The predicted molar refractivity (Wildman–Crippen MR) is 128 cm³/mol. The van der Waals surface area contributed by atoms with Crippen LogP contribution in [0.1, 0.15) is 31.3 Å². The zero-order valence-electron chi connectivity index (χ0n) is 18.6. The molecule has 1 atom stereocenters. The molecular formula is C27H29N3O2. The first kappa shape index (κ1) is 21.8.